The average molecular weight is 590 g/mol. The van der Waals surface area contributed by atoms with Crippen molar-refractivity contribution in [3.05, 3.63) is 107 Å². The third-order valence-electron chi connectivity index (χ3n) is 6.26. The molecule has 5 rings (SSSR count). The Morgan fingerprint density at radius 2 is 1.65 bits per heavy atom. The topological polar surface area (TPSA) is 82.7 Å². The van der Waals surface area contributed by atoms with Gasteiger partial charge in [-0.2, -0.15) is 8.78 Å². The van der Waals surface area contributed by atoms with E-state index in [9.17, 15) is 17.2 Å². The predicted octanol–water partition coefficient (Wildman–Crippen LogP) is 6.56. The molecular weight excluding hydrogens is 570 g/mol. The Morgan fingerprint density at radius 3 is 2.30 bits per heavy atom. The van der Waals surface area contributed by atoms with Gasteiger partial charge in [0.1, 0.15) is 17.2 Å². The van der Waals surface area contributed by atoms with Crippen LogP contribution in [0.15, 0.2) is 84.0 Å². The number of nitrogens with zero attached hydrogens (tertiary/aromatic N) is 5. The summed E-state index contributed by atoms with van der Waals surface area (Å²) in [6.45, 7) is 1.50. The molecule has 0 saturated heterocycles. The summed E-state index contributed by atoms with van der Waals surface area (Å²) in [6, 6.07) is 15.8. The quantitative estimate of drug-likeness (QED) is 0.201. The van der Waals surface area contributed by atoms with Crippen LogP contribution in [0.1, 0.15) is 29.2 Å². The molecule has 40 heavy (non-hydrogen) atoms. The summed E-state index contributed by atoms with van der Waals surface area (Å²) >= 11 is 5.88. The van der Waals surface area contributed by atoms with E-state index in [0.717, 1.165) is 23.3 Å². The molecule has 3 aromatic carbocycles. The third kappa shape index (κ3) is 5.11. The molecule has 2 aromatic heterocycles. The highest BCUT2D eigenvalue weighted by atomic mass is 35.5. The highest BCUT2D eigenvalue weighted by molar-refractivity contribution is 7.90. The first-order valence-electron chi connectivity index (χ1n) is 11.7. The number of alkyl halides is 4. The second-order valence-corrected chi connectivity index (χ2v) is 11.5. The van der Waals surface area contributed by atoms with E-state index in [-0.39, 0.29) is 32.7 Å². The summed E-state index contributed by atoms with van der Waals surface area (Å²) in [5, 5.41) is 7.94. The number of hydrogen-bond donors (Lipinski definition) is 0. The van der Waals surface area contributed by atoms with E-state index >= 15 is 8.78 Å². The van der Waals surface area contributed by atoms with E-state index in [1.807, 2.05) is 0 Å². The van der Waals surface area contributed by atoms with E-state index in [1.165, 1.54) is 60.0 Å². The summed E-state index contributed by atoms with van der Waals surface area (Å²) in [5.41, 5.74) is -0.199. The van der Waals surface area contributed by atoms with E-state index in [4.69, 9.17) is 11.6 Å². The van der Waals surface area contributed by atoms with Gasteiger partial charge in [0, 0.05) is 23.0 Å². The fourth-order valence-electron chi connectivity index (χ4n) is 4.26. The SMILES string of the molecule is Cc1nc(C(F)F)cn1-c1ccc(-c2cccc(S(C)(=O)=O)c2)cc1-n1nncc1C(F)(F)c1ccc(Cl)cc1. The number of benzene rings is 3. The molecule has 0 unspecified atom stereocenters. The van der Waals surface area contributed by atoms with Crippen LogP contribution in [0.2, 0.25) is 5.02 Å². The second kappa shape index (κ2) is 10.2. The predicted molar refractivity (Wildman–Crippen MR) is 141 cm³/mol. The molecule has 0 saturated carbocycles. The number of rotatable bonds is 7. The van der Waals surface area contributed by atoms with Crippen molar-refractivity contribution in [2.24, 2.45) is 0 Å². The zero-order valence-electron chi connectivity index (χ0n) is 20.9. The number of aromatic nitrogens is 5. The molecule has 13 heteroatoms. The Bertz CT molecular complexity index is 1820. The maximum absolute atomic E-state index is 15.8. The molecule has 0 aliphatic heterocycles. The Hall–Kier alpha value is -4.03. The van der Waals surface area contributed by atoms with Crippen LogP contribution >= 0.6 is 11.6 Å². The maximum atomic E-state index is 15.8. The second-order valence-electron chi connectivity index (χ2n) is 9.00. The number of aryl methyl sites for hydroxylation is 1. The Morgan fingerprint density at radius 1 is 0.950 bits per heavy atom. The van der Waals surface area contributed by atoms with Crippen LogP contribution in [-0.2, 0) is 15.8 Å². The first kappa shape index (κ1) is 27.5. The first-order chi connectivity index (χ1) is 18.9. The van der Waals surface area contributed by atoms with Crippen LogP contribution in [-0.4, -0.2) is 39.2 Å². The lowest BCUT2D eigenvalue weighted by Crippen LogP contribution is -2.21. The molecule has 0 amide bonds. The third-order valence-corrected chi connectivity index (χ3v) is 7.62. The van der Waals surface area contributed by atoms with E-state index in [1.54, 1.807) is 18.2 Å². The molecule has 7 nitrogen and oxygen atoms in total. The average Bonchev–Trinajstić information content (AvgIpc) is 3.56. The molecule has 0 bridgehead atoms. The minimum Gasteiger partial charge on any atom is -0.301 e. The Balaban J connectivity index is 1.74. The number of halogens is 5. The van der Waals surface area contributed by atoms with Gasteiger partial charge in [0.05, 0.1) is 22.5 Å². The van der Waals surface area contributed by atoms with Gasteiger partial charge in [0.15, 0.2) is 9.84 Å². The zero-order valence-corrected chi connectivity index (χ0v) is 22.5. The van der Waals surface area contributed by atoms with Crippen molar-refractivity contribution < 1.29 is 26.0 Å². The normalized spacial score (nSPS) is 12.3. The molecule has 0 aliphatic rings. The van der Waals surface area contributed by atoms with Crippen LogP contribution in [0, 0.1) is 6.92 Å². The van der Waals surface area contributed by atoms with Crippen molar-refractivity contribution in [2.75, 3.05) is 6.26 Å². The van der Waals surface area contributed by atoms with Crippen LogP contribution in [0.3, 0.4) is 0 Å². The molecule has 0 fully saturated rings. The minimum atomic E-state index is -3.57. The van der Waals surface area contributed by atoms with Crippen LogP contribution < -0.4 is 0 Å². The molecule has 0 spiro atoms. The fourth-order valence-corrected chi connectivity index (χ4v) is 5.05. The lowest BCUT2D eigenvalue weighted by atomic mass is 10.0. The molecule has 0 radical (unpaired) electrons. The van der Waals surface area contributed by atoms with Gasteiger partial charge in [0.2, 0.25) is 0 Å². The molecular formula is C27H20ClF4N5O2S. The monoisotopic (exact) mass is 589 g/mol. The fraction of sp³-hybridized carbons (Fsp3) is 0.148. The number of sulfone groups is 1. The first-order valence-corrected chi connectivity index (χ1v) is 14.0. The van der Waals surface area contributed by atoms with Crippen LogP contribution in [0.5, 0.6) is 0 Å². The zero-order chi connectivity index (χ0) is 28.8. The van der Waals surface area contributed by atoms with Crippen molar-refractivity contribution in [1.29, 1.82) is 0 Å². The van der Waals surface area contributed by atoms with Gasteiger partial charge in [-0.15, -0.1) is 5.10 Å². The summed E-state index contributed by atoms with van der Waals surface area (Å²) in [6.07, 6.45) is 0.263. The lowest BCUT2D eigenvalue weighted by Gasteiger charge is -2.20. The summed E-state index contributed by atoms with van der Waals surface area (Å²) in [4.78, 5) is 3.96. The van der Waals surface area contributed by atoms with Gasteiger partial charge < -0.3 is 4.57 Å². The summed E-state index contributed by atoms with van der Waals surface area (Å²) in [7, 11) is -3.53. The molecule has 2 heterocycles. The number of imidazole rings is 1. The van der Waals surface area contributed by atoms with Gasteiger partial charge in [-0.3, -0.25) is 0 Å². The van der Waals surface area contributed by atoms with Crippen molar-refractivity contribution in [3.8, 4) is 22.5 Å². The van der Waals surface area contributed by atoms with Gasteiger partial charge in [0.25, 0.3) is 6.43 Å². The van der Waals surface area contributed by atoms with Crippen molar-refractivity contribution in [2.45, 2.75) is 24.2 Å². The molecule has 5 aromatic rings. The summed E-state index contributed by atoms with van der Waals surface area (Å²) < 4.78 is 85.0. The Kier molecular flexibility index (Phi) is 7.01. The Labute approximate surface area is 231 Å². The maximum Gasteiger partial charge on any atom is 0.316 e. The van der Waals surface area contributed by atoms with Crippen molar-refractivity contribution in [1.82, 2.24) is 24.5 Å². The van der Waals surface area contributed by atoms with Crippen molar-refractivity contribution in [3.63, 3.8) is 0 Å². The van der Waals surface area contributed by atoms with Crippen molar-refractivity contribution >= 4 is 21.4 Å². The highest BCUT2D eigenvalue weighted by Gasteiger charge is 2.39. The van der Waals surface area contributed by atoms with Crippen LogP contribution in [0.4, 0.5) is 17.6 Å². The van der Waals surface area contributed by atoms with Gasteiger partial charge in [-0.25, -0.2) is 26.9 Å². The van der Waals surface area contributed by atoms with Gasteiger partial charge in [-0.05, 0) is 54.4 Å². The minimum absolute atomic E-state index is 0.0679. The molecule has 0 aliphatic carbocycles. The largest absolute Gasteiger partial charge is 0.316 e. The molecule has 0 N–H and O–H groups in total. The van der Waals surface area contributed by atoms with Gasteiger partial charge in [-0.1, -0.05) is 47.1 Å². The standard InChI is InChI=1S/C27H20ClF4N5O2S/c1-16-34-22(26(29)30)15-36(16)23-11-6-18(17-4-3-5-21(12-17)40(2,38)39)13-24(23)37-25(14-33-35-37)27(31,32)19-7-9-20(28)10-8-19/h3-15,26H,1-2H3. The van der Waals surface area contributed by atoms with Gasteiger partial charge >= 0.3 is 5.92 Å². The van der Waals surface area contributed by atoms with E-state index in [0.29, 0.717) is 11.1 Å². The van der Waals surface area contributed by atoms with E-state index < -0.39 is 33.6 Å². The molecule has 206 valence electrons. The van der Waals surface area contributed by atoms with Crippen LogP contribution in [0.25, 0.3) is 22.5 Å². The lowest BCUT2D eigenvalue weighted by molar-refractivity contribution is 0.0353. The highest BCUT2D eigenvalue weighted by Crippen LogP contribution is 2.38. The molecule has 0 atom stereocenters. The van der Waals surface area contributed by atoms with E-state index in [2.05, 4.69) is 15.3 Å². The number of hydrogen-bond acceptors (Lipinski definition) is 5. The smallest absolute Gasteiger partial charge is 0.301 e. The summed E-state index contributed by atoms with van der Waals surface area (Å²) in [5.74, 6) is -3.38.